The highest BCUT2D eigenvalue weighted by Gasteiger charge is 2.42. The van der Waals surface area contributed by atoms with Crippen LogP contribution in [0.25, 0.3) is 0 Å². The molecule has 0 aromatic heterocycles. The summed E-state index contributed by atoms with van der Waals surface area (Å²) in [5, 5.41) is 0. The molecular weight excluding hydrogens is 345 g/mol. The lowest BCUT2D eigenvalue weighted by Gasteiger charge is -2.48. The maximum absolute atomic E-state index is 13.1. The van der Waals surface area contributed by atoms with Crippen LogP contribution in [0.3, 0.4) is 0 Å². The highest BCUT2D eigenvalue weighted by atomic mass is 19.1. The first-order valence-electron chi connectivity index (χ1n) is 9.82. The number of hydrogen-bond donors (Lipinski definition) is 0. The summed E-state index contributed by atoms with van der Waals surface area (Å²) in [6.07, 6.45) is 3.79. The molecule has 2 heterocycles. The molecule has 0 saturated carbocycles. The number of likely N-dealkylation sites (tertiary alicyclic amines) is 2. The zero-order valence-corrected chi connectivity index (χ0v) is 16.4. The van der Waals surface area contributed by atoms with Gasteiger partial charge < -0.3 is 14.7 Å². The van der Waals surface area contributed by atoms with Crippen LogP contribution >= 0.6 is 0 Å². The number of rotatable bonds is 5. The van der Waals surface area contributed by atoms with E-state index in [2.05, 4.69) is 4.90 Å². The maximum atomic E-state index is 13.1. The molecule has 27 heavy (non-hydrogen) atoms. The normalized spacial score (nSPS) is 23.3. The Morgan fingerprint density at radius 1 is 1.19 bits per heavy atom. The average molecular weight is 375 g/mol. The predicted molar refractivity (Wildman–Crippen MR) is 103 cm³/mol. The van der Waals surface area contributed by atoms with E-state index in [1.165, 1.54) is 12.1 Å². The van der Waals surface area contributed by atoms with Gasteiger partial charge in [-0.05, 0) is 51.1 Å². The number of carbonyl (C=O) groups excluding carboxylic acids is 2. The quantitative estimate of drug-likeness (QED) is 0.792. The molecule has 1 spiro atoms. The second kappa shape index (κ2) is 8.38. The number of hydrogen-bond acceptors (Lipinski definition) is 3. The molecular formula is C21H30FN3O2. The molecule has 2 aliphatic heterocycles. The van der Waals surface area contributed by atoms with Crippen molar-refractivity contribution >= 4 is 11.8 Å². The second-order valence-electron chi connectivity index (χ2n) is 8.34. The summed E-state index contributed by atoms with van der Waals surface area (Å²) in [6.45, 7) is 3.85. The molecule has 2 aliphatic rings. The van der Waals surface area contributed by atoms with Crippen LogP contribution in [-0.4, -0.2) is 73.3 Å². The van der Waals surface area contributed by atoms with Gasteiger partial charge in [-0.3, -0.25) is 9.59 Å². The van der Waals surface area contributed by atoms with Gasteiger partial charge in [0.25, 0.3) is 0 Å². The van der Waals surface area contributed by atoms with E-state index >= 15 is 0 Å². The van der Waals surface area contributed by atoms with Crippen molar-refractivity contribution in [1.29, 1.82) is 0 Å². The van der Waals surface area contributed by atoms with E-state index in [1.54, 1.807) is 12.1 Å². The molecule has 2 amide bonds. The largest absolute Gasteiger partial charge is 0.342 e. The van der Waals surface area contributed by atoms with Crippen LogP contribution in [0.2, 0.25) is 0 Å². The van der Waals surface area contributed by atoms with E-state index in [4.69, 9.17) is 0 Å². The van der Waals surface area contributed by atoms with E-state index in [9.17, 15) is 14.0 Å². The van der Waals surface area contributed by atoms with Gasteiger partial charge in [0.2, 0.25) is 11.8 Å². The Hall–Kier alpha value is -1.95. The molecule has 2 saturated heterocycles. The Bertz CT molecular complexity index is 677. The minimum Gasteiger partial charge on any atom is -0.342 e. The van der Waals surface area contributed by atoms with E-state index in [0.29, 0.717) is 12.8 Å². The van der Waals surface area contributed by atoms with Crippen LogP contribution in [0, 0.1) is 11.2 Å². The van der Waals surface area contributed by atoms with Crippen molar-refractivity contribution in [3.8, 4) is 0 Å². The third-order valence-electron chi connectivity index (χ3n) is 5.85. The van der Waals surface area contributed by atoms with Crippen molar-refractivity contribution in [3.05, 3.63) is 35.6 Å². The topological polar surface area (TPSA) is 43.9 Å². The monoisotopic (exact) mass is 375 g/mol. The fourth-order valence-electron chi connectivity index (χ4n) is 4.27. The van der Waals surface area contributed by atoms with Crippen LogP contribution in [0.5, 0.6) is 0 Å². The Balaban J connectivity index is 1.62. The van der Waals surface area contributed by atoms with Crippen molar-refractivity contribution in [2.75, 3.05) is 46.8 Å². The van der Waals surface area contributed by atoms with Crippen LogP contribution in [0.1, 0.15) is 31.2 Å². The summed E-state index contributed by atoms with van der Waals surface area (Å²) in [5.74, 6) is 0.0440. The van der Waals surface area contributed by atoms with E-state index in [1.807, 2.05) is 23.9 Å². The van der Waals surface area contributed by atoms with Crippen molar-refractivity contribution in [2.45, 2.75) is 32.1 Å². The number of carbonyl (C=O) groups is 2. The lowest BCUT2D eigenvalue weighted by molar-refractivity contribution is -0.142. The zero-order chi connectivity index (χ0) is 19.4. The highest BCUT2D eigenvalue weighted by Crippen LogP contribution is 2.39. The van der Waals surface area contributed by atoms with Gasteiger partial charge >= 0.3 is 0 Å². The lowest BCUT2D eigenvalue weighted by Crippen LogP contribution is -2.56. The summed E-state index contributed by atoms with van der Waals surface area (Å²) in [6, 6.07) is 6.15. The molecule has 148 valence electrons. The van der Waals surface area contributed by atoms with E-state index in [0.717, 1.165) is 57.5 Å². The fourth-order valence-corrected chi connectivity index (χ4v) is 4.27. The summed E-state index contributed by atoms with van der Waals surface area (Å²) >= 11 is 0. The van der Waals surface area contributed by atoms with Gasteiger partial charge in [0.15, 0.2) is 0 Å². The van der Waals surface area contributed by atoms with E-state index < -0.39 is 0 Å². The van der Waals surface area contributed by atoms with Crippen molar-refractivity contribution in [2.24, 2.45) is 5.41 Å². The number of benzene rings is 1. The molecule has 2 fully saturated rings. The molecule has 0 bridgehead atoms. The number of nitrogens with zero attached hydrogens (tertiary/aromatic N) is 3. The Morgan fingerprint density at radius 2 is 1.93 bits per heavy atom. The van der Waals surface area contributed by atoms with E-state index in [-0.39, 0.29) is 23.0 Å². The summed E-state index contributed by atoms with van der Waals surface area (Å²) in [5.41, 5.74) is 0.865. The molecule has 1 atom stereocenters. The molecule has 6 heteroatoms. The van der Waals surface area contributed by atoms with Gasteiger partial charge in [0.05, 0.1) is 6.42 Å². The number of halogens is 1. The van der Waals surface area contributed by atoms with Crippen LogP contribution in [0.15, 0.2) is 24.3 Å². The summed E-state index contributed by atoms with van der Waals surface area (Å²) < 4.78 is 13.1. The molecule has 0 N–H and O–H groups in total. The van der Waals surface area contributed by atoms with Gasteiger partial charge in [-0.1, -0.05) is 12.1 Å². The number of likely N-dealkylation sites (N-methyl/N-ethyl adjacent to an activating group) is 1. The Morgan fingerprint density at radius 3 is 2.63 bits per heavy atom. The van der Waals surface area contributed by atoms with Crippen LogP contribution < -0.4 is 0 Å². The first kappa shape index (κ1) is 19.8. The van der Waals surface area contributed by atoms with Crippen LogP contribution in [-0.2, 0) is 16.0 Å². The number of piperidine rings is 2. The van der Waals surface area contributed by atoms with Gasteiger partial charge in [-0.15, -0.1) is 0 Å². The first-order valence-corrected chi connectivity index (χ1v) is 9.82. The molecule has 3 rings (SSSR count). The third kappa shape index (κ3) is 5.06. The van der Waals surface area contributed by atoms with Crippen molar-refractivity contribution in [3.63, 3.8) is 0 Å². The molecule has 5 nitrogen and oxygen atoms in total. The molecule has 0 radical (unpaired) electrons. The first-order chi connectivity index (χ1) is 12.9. The maximum Gasteiger partial charge on any atom is 0.227 e. The average Bonchev–Trinajstić information content (AvgIpc) is 2.64. The molecule has 1 aromatic carbocycles. The fraction of sp³-hybridized carbons (Fsp3) is 0.619. The minimum absolute atomic E-state index is 0.0247. The third-order valence-corrected chi connectivity index (χ3v) is 5.85. The van der Waals surface area contributed by atoms with Gasteiger partial charge in [0.1, 0.15) is 5.82 Å². The minimum atomic E-state index is -0.284. The Labute approximate surface area is 161 Å². The molecule has 0 unspecified atom stereocenters. The molecule has 1 aromatic rings. The standard InChI is InChI=1S/C21H30FN3O2/c1-23(2)12-13-25-16-21(10-8-19(25)26)9-3-11-24(15-21)20(27)14-17-4-6-18(22)7-5-17/h4-7H,3,8-16H2,1-2H3/t21-/m0/s1. The number of amides is 2. The van der Waals surface area contributed by atoms with Gasteiger partial charge in [0, 0.05) is 44.6 Å². The predicted octanol–water partition coefficient (Wildman–Crippen LogP) is 2.16. The second-order valence-corrected chi connectivity index (χ2v) is 8.34. The smallest absolute Gasteiger partial charge is 0.227 e. The van der Waals surface area contributed by atoms with Crippen LogP contribution in [0.4, 0.5) is 4.39 Å². The SMILES string of the molecule is CN(C)CCN1C[C@@]2(CCCN(C(=O)Cc3ccc(F)cc3)C2)CCC1=O. The summed E-state index contributed by atoms with van der Waals surface area (Å²) in [4.78, 5) is 31.1. The lowest BCUT2D eigenvalue weighted by atomic mass is 9.73. The van der Waals surface area contributed by atoms with Crippen molar-refractivity contribution in [1.82, 2.24) is 14.7 Å². The molecule has 0 aliphatic carbocycles. The van der Waals surface area contributed by atoms with Gasteiger partial charge in [-0.25, -0.2) is 4.39 Å². The van der Waals surface area contributed by atoms with Crippen molar-refractivity contribution < 1.29 is 14.0 Å². The van der Waals surface area contributed by atoms with Gasteiger partial charge in [-0.2, -0.15) is 0 Å². The summed E-state index contributed by atoms with van der Waals surface area (Å²) in [7, 11) is 4.03. The zero-order valence-electron chi connectivity index (χ0n) is 16.4. The highest BCUT2D eigenvalue weighted by molar-refractivity contribution is 5.79. The Kier molecular flexibility index (Phi) is 6.15.